The van der Waals surface area contributed by atoms with Gasteiger partial charge in [-0.3, -0.25) is 4.98 Å². The number of nitrogens with zero attached hydrogens (tertiary/aromatic N) is 5. The number of rotatable bonds is 0. The van der Waals surface area contributed by atoms with Crippen LogP contribution in [0.5, 0.6) is 0 Å². The van der Waals surface area contributed by atoms with Gasteiger partial charge in [0.1, 0.15) is 0 Å². The number of thiophene rings is 1. The standard InChI is InChI=1S/C11H13NS.C10H8.C10H14.C8H13N.C8H12S.3C7H11NS.C5H12.14C2H6/c1-11(2,3)10-12-8-6-4-5-7-9(8)13-10;1-2-6-10-8-4-3-7-9(10)5-1;1-10(2,3)9-7-5-4-6-8-9;1-8(2,3)9-6-4-5-7-9;1-8(2,3)7-5-4-6-9-7;1-7(2,3)6-4-8-5-9-6;1-7(2,3)6-8-4-5-9-6;1-7(2,3)6-4-5-8-9-6;1-5(2,3)4;14*1-2/h4-7H,1-3H3;1-8H;4-8H,1-3H3;4-7H,1-3H3;4-6H,1-3H3;3*4-5H,1-3H3;1-4H3;14*1-2H3. The normalized spacial score (nSPS) is 9.49. The fourth-order valence-electron chi connectivity index (χ4n) is 6.53. The van der Waals surface area contributed by atoms with Gasteiger partial charge in [0.25, 0.3) is 0 Å². The first kappa shape index (κ1) is 135. The van der Waals surface area contributed by atoms with Crippen LogP contribution in [0.1, 0.15) is 397 Å². The Morgan fingerprint density at radius 2 is 0.658 bits per heavy atom. The number of para-hydroxylation sites is 1. The molecule has 0 saturated carbocycles. The van der Waals surface area contributed by atoms with Crippen LogP contribution >= 0.6 is 56.9 Å². The molecule has 5 nitrogen and oxygen atoms in total. The molecule has 4 aromatic carbocycles. The van der Waals surface area contributed by atoms with Gasteiger partial charge in [-0.15, -0.1) is 45.3 Å². The van der Waals surface area contributed by atoms with Gasteiger partial charge in [0.2, 0.25) is 0 Å². The zero-order chi connectivity index (χ0) is 90.9. The molecule has 0 saturated heterocycles. The van der Waals surface area contributed by atoms with Gasteiger partial charge in [-0.2, -0.15) is 0 Å². The van der Waals surface area contributed by atoms with Crippen molar-refractivity contribution in [3.05, 3.63) is 211 Å². The van der Waals surface area contributed by atoms with E-state index in [1.807, 2.05) is 253 Å². The Labute approximate surface area is 717 Å². The average molecular weight is 1630 g/mol. The van der Waals surface area contributed by atoms with E-state index in [1.165, 1.54) is 45.7 Å². The number of fused-ring (bicyclic) bond motifs is 2. The summed E-state index contributed by atoms with van der Waals surface area (Å²) in [7, 11) is 0. The molecule has 0 aliphatic rings. The van der Waals surface area contributed by atoms with Gasteiger partial charge < -0.3 is 4.57 Å². The van der Waals surface area contributed by atoms with E-state index in [-0.39, 0.29) is 27.2 Å². The fraction of sp³-hybridized carbons (Fsp3) is 0.604. The molecular formula is C101H189N5S5. The quantitative estimate of drug-likeness (QED) is 0.152. The zero-order valence-electron chi connectivity index (χ0n) is 83.6. The molecule has 0 radical (unpaired) electrons. The molecule has 111 heavy (non-hydrogen) atoms. The number of aromatic nitrogens is 5. The van der Waals surface area contributed by atoms with E-state index >= 15 is 0 Å². The summed E-state index contributed by atoms with van der Waals surface area (Å²) in [4.78, 5) is 17.0. The second-order valence-electron chi connectivity index (χ2n) is 29.0. The molecule has 0 amide bonds. The summed E-state index contributed by atoms with van der Waals surface area (Å²) in [5, 5.41) is 9.19. The molecule has 0 aliphatic carbocycles. The van der Waals surface area contributed by atoms with Crippen molar-refractivity contribution < 1.29 is 0 Å². The van der Waals surface area contributed by atoms with Crippen molar-refractivity contribution in [2.45, 2.75) is 405 Å². The van der Waals surface area contributed by atoms with E-state index in [4.69, 9.17) is 0 Å². The lowest BCUT2D eigenvalue weighted by Gasteiger charge is -2.20. The molecule has 10 heteroatoms. The first-order valence-corrected chi connectivity index (χ1v) is 47.1. The van der Waals surface area contributed by atoms with Gasteiger partial charge in [-0.1, -0.05) is 443 Å². The van der Waals surface area contributed by atoms with Crippen LogP contribution < -0.4 is 0 Å². The van der Waals surface area contributed by atoms with Gasteiger partial charge in [-0.25, -0.2) is 14.3 Å². The average Bonchev–Trinajstić information content (AvgIpc) is 1.68. The third-order valence-electron chi connectivity index (χ3n) is 11.3. The largest absolute Gasteiger partial charge is 0.349 e. The van der Waals surface area contributed by atoms with E-state index in [1.54, 1.807) is 45.5 Å². The van der Waals surface area contributed by atoms with Crippen molar-refractivity contribution >= 4 is 77.9 Å². The molecule has 0 unspecified atom stereocenters. The second-order valence-corrected chi connectivity index (χ2v) is 33.6. The highest BCUT2D eigenvalue weighted by Gasteiger charge is 2.19. The van der Waals surface area contributed by atoms with Crippen LogP contribution in [0, 0.1) is 5.41 Å². The van der Waals surface area contributed by atoms with E-state index in [0.717, 1.165) is 5.52 Å². The van der Waals surface area contributed by atoms with Gasteiger partial charge in [0.15, 0.2) is 0 Å². The predicted octanol–water partition coefficient (Wildman–Crippen LogP) is 38.4. The monoisotopic (exact) mass is 1630 g/mol. The van der Waals surface area contributed by atoms with Crippen LogP contribution in [0.25, 0.3) is 21.0 Å². The summed E-state index contributed by atoms with van der Waals surface area (Å²) < 4.78 is 7.50. The number of benzene rings is 4. The SMILES string of the molecule is CC.CC.CC.CC.CC.CC.CC.CC.CC.CC.CC.CC.CC.CC.CC(C)(C)C.CC(C)(C)c1ccccc1.CC(C)(C)c1cccs1.CC(C)(C)c1ccns1.CC(C)(C)c1cncs1.CC(C)(C)c1nc2ccccc2s1.CC(C)(C)c1nccs1.CC(C)(C)n1cccc1.c1ccc2ccccc2c1. The summed E-state index contributed by atoms with van der Waals surface area (Å²) in [6.45, 7) is 111. The van der Waals surface area contributed by atoms with Crippen molar-refractivity contribution in [2.75, 3.05) is 0 Å². The van der Waals surface area contributed by atoms with E-state index in [2.05, 4.69) is 330 Å². The highest BCUT2D eigenvalue weighted by molar-refractivity contribution is 7.18. The minimum Gasteiger partial charge on any atom is -0.349 e. The predicted molar refractivity (Wildman–Crippen MR) is 536 cm³/mol. The first-order chi connectivity index (χ1) is 52.2. The lowest BCUT2D eigenvalue weighted by Crippen LogP contribution is -2.19. The van der Waals surface area contributed by atoms with Gasteiger partial charge in [-0.05, 0) is 117 Å². The highest BCUT2D eigenvalue weighted by Crippen LogP contribution is 2.31. The van der Waals surface area contributed by atoms with Crippen molar-refractivity contribution in [3.63, 3.8) is 0 Å². The minimum atomic E-state index is 0.170. The first-order valence-electron chi connectivity index (χ1n) is 42.9. The van der Waals surface area contributed by atoms with E-state index in [0.29, 0.717) is 16.2 Å². The van der Waals surface area contributed by atoms with Crippen LogP contribution in [-0.4, -0.2) is 23.9 Å². The Kier molecular flexibility index (Phi) is 104. The lowest BCUT2D eigenvalue weighted by molar-refractivity contribution is 0.398. The van der Waals surface area contributed by atoms with Crippen LogP contribution in [0.15, 0.2) is 181 Å². The summed E-state index contributed by atoms with van der Waals surface area (Å²) in [5.74, 6) is 0. The van der Waals surface area contributed by atoms with Gasteiger partial charge >= 0.3 is 0 Å². The van der Waals surface area contributed by atoms with Gasteiger partial charge in [0.05, 0.1) is 25.7 Å². The lowest BCUT2D eigenvalue weighted by atomic mass is 9.87. The molecule has 6 aromatic heterocycles. The van der Waals surface area contributed by atoms with E-state index < -0.39 is 0 Å². The molecule has 10 rings (SSSR count). The molecule has 10 aromatic rings. The smallest absolute Gasteiger partial charge is 0.0992 e. The van der Waals surface area contributed by atoms with Crippen molar-refractivity contribution in [3.8, 4) is 0 Å². The van der Waals surface area contributed by atoms with Crippen LogP contribution in [0.3, 0.4) is 0 Å². The van der Waals surface area contributed by atoms with Gasteiger partial charge in [0, 0.05) is 67.4 Å². The summed E-state index contributed by atoms with van der Waals surface area (Å²) in [6.07, 6.45) is 9.81. The highest BCUT2D eigenvalue weighted by atomic mass is 32.1. The summed E-state index contributed by atoms with van der Waals surface area (Å²) in [6, 6.07) is 46.0. The Bertz CT molecular complexity index is 2810. The molecule has 0 fully saturated rings. The Morgan fingerprint density at radius 3 is 0.874 bits per heavy atom. The Morgan fingerprint density at radius 1 is 0.297 bits per heavy atom. The van der Waals surface area contributed by atoms with Crippen LogP contribution in [-0.2, 0) is 38.0 Å². The maximum Gasteiger partial charge on any atom is 0.0992 e. The third kappa shape index (κ3) is 81.3. The number of hydrogen-bond acceptors (Lipinski definition) is 9. The minimum absolute atomic E-state index is 0.170. The van der Waals surface area contributed by atoms with Crippen molar-refractivity contribution in [1.82, 2.24) is 23.9 Å². The third-order valence-corrected chi connectivity index (χ3v) is 17.6. The van der Waals surface area contributed by atoms with Crippen molar-refractivity contribution in [1.29, 1.82) is 0 Å². The van der Waals surface area contributed by atoms with E-state index in [9.17, 15) is 0 Å². The number of hydrogen-bond donors (Lipinski definition) is 0. The maximum atomic E-state index is 4.60. The Hall–Kier alpha value is -5.10. The fourth-order valence-corrected chi connectivity index (χ4v) is 10.4. The molecule has 0 aliphatic heterocycles. The van der Waals surface area contributed by atoms with Crippen molar-refractivity contribution in [2.24, 2.45) is 5.41 Å². The Balaban J connectivity index is -0.0000000854. The van der Waals surface area contributed by atoms with Crippen LogP contribution in [0.2, 0.25) is 0 Å². The summed E-state index contributed by atoms with van der Waals surface area (Å²) in [5.41, 5.74) is 6.73. The maximum absolute atomic E-state index is 4.60. The second kappa shape index (κ2) is 85.8. The molecule has 648 valence electrons. The molecule has 6 heterocycles. The van der Waals surface area contributed by atoms with Crippen LogP contribution in [0.4, 0.5) is 0 Å². The number of thiazole rings is 3. The summed E-state index contributed by atoms with van der Waals surface area (Å²) >= 11 is 8.64. The molecule has 0 atom stereocenters. The topological polar surface area (TPSA) is 56.5 Å². The molecular weight excluding hydrogens is 1440 g/mol. The molecule has 0 spiro atoms. The zero-order valence-corrected chi connectivity index (χ0v) is 87.7. The molecule has 0 N–H and O–H groups in total. The molecule has 0 bridgehead atoms.